The van der Waals surface area contributed by atoms with E-state index in [0.29, 0.717) is 5.56 Å². The van der Waals surface area contributed by atoms with Crippen LogP contribution in [0, 0.1) is 0 Å². The van der Waals surface area contributed by atoms with E-state index in [0.717, 1.165) is 0 Å². The second kappa shape index (κ2) is 9.29. The van der Waals surface area contributed by atoms with Gasteiger partial charge in [-0.2, -0.15) is 26.3 Å². The third-order valence-corrected chi connectivity index (χ3v) is 5.53. The van der Waals surface area contributed by atoms with Crippen molar-refractivity contribution in [1.29, 1.82) is 0 Å². The molecule has 1 aromatic carbocycles. The number of carbonyl (C=O) groups excluding carboxylic acids is 2. The Bertz CT molecular complexity index is 840. The predicted molar refractivity (Wildman–Crippen MR) is 98.6 cm³/mol. The minimum atomic E-state index is -5.25. The number of phenols is 1. The first-order valence-corrected chi connectivity index (χ1v) is 9.52. The molecule has 3 N–H and O–H groups in total. The van der Waals surface area contributed by atoms with E-state index < -0.39 is 36.3 Å². The van der Waals surface area contributed by atoms with Gasteiger partial charge >= 0.3 is 24.2 Å². The molecule has 31 heavy (non-hydrogen) atoms. The molecule has 1 aliphatic heterocycles. The van der Waals surface area contributed by atoms with E-state index in [-0.39, 0.29) is 48.3 Å². The Kier molecular flexibility index (Phi) is 7.59. The highest BCUT2D eigenvalue weighted by molar-refractivity contribution is 6.42. The summed E-state index contributed by atoms with van der Waals surface area (Å²) >= 11 is 11.7. The summed E-state index contributed by atoms with van der Waals surface area (Å²) in [5, 5.41) is 13.5. The summed E-state index contributed by atoms with van der Waals surface area (Å²) in [5.74, 6) is -4.80. The zero-order valence-electron chi connectivity index (χ0n) is 15.6. The fourth-order valence-corrected chi connectivity index (χ4v) is 3.44. The minimum absolute atomic E-state index is 0.0553. The van der Waals surface area contributed by atoms with Crippen LogP contribution in [-0.4, -0.2) is 59.3 Å². The predicted octanol–water partition coefficient (Wildman–Crippen LogP) is 3.39. The van der Waals surface area contributed by atoms with Gasteiger partial charge in [-0.05, 0) is 18.9 Å². The number of piperidine rings is 1. The van der Waals surface area contributed by atoms with Gasteiger partial charge in [-0.1, -0.05) is 23.2 Å². The molecule has 6 nitrogen and oxygen atoms in total. The number of phenolic OH excluding ortho intramolecular Hbond substituents is 1. The van der Waals surface area contributed by atoms with Crippen LogP contribution in [0.2, 0.25) is 10.0 Å². The normalized spacial score (nSPS) is 17.3. The molecule has 0 atom stereocenters. The average molecular weight is 496 g/mol. The quantitative estimate of drug-likeness (QED) is 0.547. The van der Waals surface area contributed by atoms with Crippen molar-refractivity contribution >= 4 is 35.0 Å². The fourth-order valence-electron chi connectivity index (χ4n) is 3.09. The van der Waals surface area contributed by atoms with Gasteiger partial charge in [0.1, 0.15) is 5.75 Å². The van der Waals surface area contributed by atoms with Crippen molar-refractivity contribution in [3.8, 4) is 5.75 Å². The number of benzene rings is 1. The molecule has 2 amide bonds. The van der Waals surface area contributed by atoms with Crippen molar-refractivity contribution in [2.24, 2.45) is 0 Å². The summed E-state index contributed by atoms with van der Waals surface area (Å²) in [4.78, 5) is 24.2. The topological polar surface area (TPSA) is 81.7 Å². The van der Waals surface area contributed by atoms with E-state index in [1.54, 1.807) is 15.5 Å². The SMILES string of the molecule is O=C(NCC1(NC(=O)C(F)(F)F)CCN(Cc2cc(Cl)c(Cl)cc2O)CC1)C(F)(F)F. The third-order valence-electron chi connectivity index (χ3n) is 4.81. The number of hydrogen-bond donors (Lipinski definition) is 3. The molecule has 1 aromatic rings. The Morgan fingerprint density at radius 1 is 1.00 bits per heavy atom. The van der Waals surface area contributed by atoms with Crippen molar-refractivity contribution in [2.75, 3.05) is 19.6 Å². The molecule has 2 rings (SSSR count). The second-order valence-electron chi connectivity index (χ2n) is 7.08. The molecule has 1 aliphatic rings. The largest absolute Gasteiger partial charge is 0.508 e. The van der Waals surface area contributed by atoms with Crippen molar-refractivity contribution < 1.29 is 41.0 Å². The van der Waals surface area contributed by atoms with Crippen LogP contribution in [0.3, 0.4) is 0 Å². The molecule has 1 fully saturated rings. The number of rotatable bonds is 5. The number of carbonyl (C=O) groups is 2. The number of alkyl halides is 6. The lowest BCUT2D eigenvalue weighted by molar-refractivity contribution is -0.177. The second-order valence-corrected chi connectivity index (χ2v) is 7.90. The molecule has 0 bridgehead atoms. The van der Waals surface area contributed by atoms with E-state index >= 15 is 0 Å². The van der Waals surface area contributed by atoms with Crippen molar-refractivity contribution in [1.82, 2.24) is 15.5 Å². The highest BCUT2D eigenvalue weighted by atomic mass is 35.5. The lowest BCUT2D eigenvalue weighted by atomic mass is 9.86. The number of amides is 2. The summed E-state index contributed by atoms with van der Waals surface area (Å²) < 4.78 is 75.5. The number of nitrogens with zero attached hydrogens (tertiary/aromatic N) is 1. The minimum Gasteiger partial charge on any atom is -0.508 e. The van der Waals surface area contributed by atoms with E-state index in [1.165, 1.54) is 12.1 Å². The Hall–Kier alpha value is -1.92. The molecule has 174 valence electrons. The van der Waals surface area contributed by atoms with Crippen molar-refractivity contribution in [3.05, 3.63) is 27.7 Å². The van der Waals surface area contributed by atoms with Crippen LogP contribution in [0.4, 0.5) is 26.3 Å². The van der Waals surface area contributed by atoms with Gasteiger partial charge in [0.05, 0.1) is 15.6 Å². The average Bonchev–Trinajstić information content (AvgIpc) is 2.64. The van der Waals surface area contributed by atoms with Gasteiger partial charge in [0.2, 0.25) is 0 Å². The first-order chi connectivity index (χ1) is 14.1. The van der Waals surface area contributed by atoms with E-state index in [4.69, 9.17) is 23.2 Å². The molecule has 0 aliphatic carbocycles. The zero-order chi connectivity index (χ0) is 23.6. The van der Waals surface area contributed by atoms with Crippen molar-refractivity contribution in [3.63, 3.8) is 0 Å². The number of likely N-dealkylation sites (tertiary alicyclic amines) is 1. The van der Waals surface area contributed by atoms with E-state index in [2.05, 4.69) is 0 Å². The van der Waals surface area contributed by atoms with E-state index in [9.17, 15) is 41.0 Å². The maximum absolute atomic E-state index is 12.7. The number of nitrogens with one attached hydrogen (secondary N) is 2. The van der Waals surface area contributed by atoms with Crippen LogP contribution in [0.25, 0.3) is 0 Å². The Labute approximate surface area is 182 Å². The van der Waals surface area contributed by atoms with E-state index in [1.807, 2.05) is 0 Å². The summed E-state index contributed by atoms with van der Waals surface area (Å²) in [6.45, 7) is -0.598. The van der Waals surface area contributed by atoms with Crippen LogP contribution in [0.1, 0.15) is 18.4 Å². The first-order valence-electron chi connectivity index (χ1n) is 8.76. The Morgan fingerprint density at radius 2 is 1.52 bits per heavy atom. The molecule has 14 heteroatoms. The van der Waals surface area contributed by atoms with Gasteiger partial charge in [-0.25, -0.2) is 0 Å². The summed E-state index contributed by atoms with van der Waals surface area (Å²) in [5.41, 5.74) is -1.35. The molecule has 0 aromatic heterocycles. The molecule has 0 unspecified atom stereocenters. The van der Waals surface area contributed by atoms with Gasteiger partial charge in [-0.3, -0.25) is 14.5 Å². The van der Waals surface area contributed by atoms with Gasteiger partial charge < -0.3 is 15.7 Å². The molecule has 0 radical (unpaired) electrons. The van der Waals surface area contributed by atoms with Gasteiger partial charge in [0.15, 0.2) is 0 Å². The van der Waals surface area contributed by atoms with Gasteiger partial charge in [-0.15, -0.1) is 0 Å². The molecule has 1 saturated heterocycles. The first kappa shape index (κ1) is 25.3. The smallest absolute Gasteiger partial charge is 0.471 e. The van der Waals surface area contributed by atoms with Crippen LogP contribution >= 0.6 is 23.2 Å². The Morgan fingerprint density at radius 3 is 2.03 bits per heavy atom. The number of aromatic hydroxyl groups is 1. The van der Waals surface area contributed by atoms with Crippen LogP contribution in [0.5, 0.6) is 5.75 Å². The maximum atomic E-state index is 12.7. The van der Waals surface area contributed by atoms with Crippen LogP contribution in [-0.2, 0) is 16.1 Å². The monoisotopic (exact) mass is 495 g/mol. The van der Waals surface area contributed by atoms with Gasteiger partial charge in [0, 0.05) is 37.8 Å². The molecule has 0 spiro atoms. The lowest BCUT2D eigenvalue weighted by Crippen LogP contribution is -2.63. The fraction of sp³-hybridized carbons (Fsp3) is 0.529. The van der Waals surface area contributed by atoms with Crippen LogP contribution in [0.15, 0.2) is 12.1 Å². The molecule has 0 saturated carbocycles. The summed E-state index contributed by atoms with van der Waals surface area (Å²) in [7, 11) is 0. The standard InChI is InChI=1S/C17H17Cl2F6N3O3/c18-10-5-9(12(29)6-11(10)19)7-28-3-1-15(2-4-28,27-14(31)17(23,24)25)8-26-13(30)16(20,21)22/h5-6,29H,1-4,7-8H2,(H,26,30)(H,27,31). The van der Waals surface area contributed by atoms with Gasteiger partial charge in [0.25, 0.3) is 0 Å². The summed E-state index contributed by atoms with van der Waals surface area (Å²) in [6, 6.07) is 2.64. The highest BCUT2D eigenvalue weighted by Gasteiger charge is 2.46. The Balaban J connectivity index is 2.11. The molecule has 1 heterocycles. The molecular formula is C17H17Cl2F6N3O3. The third kappa shape index (κ3) is 6.78. The summed E-state index contributed by atoms with van der Waals surface area (Å²) in [6.07, 6.45) is -10.8. The maximum Gasteiger partial charge on any atom is 0.471 e. The number of hydrogen-bond acceptors (Lipinski definition) is 4. The lowest BCUT2D eigenvalue weighted by Gasteiger charge is -2.42. The highest BCUT2D eigenvalue weighted by Crippen LogP contribution is 2.32. The number of halogens is 8. The molecular weight excluding hydrogens is 479 g/mol. The zero-order valence-corrected chi connectivity index (χ0v) is 17.1. The van der Waals surface area contributed by atoms with Crippen LogP contribution < -0.4 is 10.6 Å². The van der Waals surface area contributed by atoms with Crippen molar-refractivity contribution in [2.45, 2.75) is 37.3 Å².